The van der Waals surface area contributed by atoms with Crippen molar-refractivity contribution in [2.24, 2.45) is 5.73 Å². The van der Waals surface area contributed by atoms with E-state index < -0.39 is 40.6 Å². The van der Waals surface area contributed by atoms with Crippen LogP contribution in [0.5, 0.6) is 0 Å². The average molecular weight is 287 g/mol. The van der Waals surface area contributed by atoms with Crippen LogP contribution in [-0.2, 0) is 4.74 Å². The van der Waals surface area contributed by atoms with E-state index in [1.54, 1.807) is 7.11 Å². The van der Waals surface area contributed by atoms with Crippen molar-refractivity contribution >= 4 is 5.97 Å². The number of halogens is 5. The van der Waals surface area contributed by atoms with Crippen molar-refractivity contribution in [3.8, 4) is 0 Å². The summed E-state index contributed by atoms with van der Waals surface area (Å²) in [5.41, 5.74) is 3.15. The monoisotopic (exact) mass is 287 g/mol. The number of methoxy groups -OCH3 is 1. The molecule has 0 radical (unpaired) electrons. The maximum atomic E-state index is 12.6. The van der Waals surface area contributed by atoms with Gasteiger partial charge in [-0.3, -0.25) is 0 Å². The number of ether oxygens (including phenoxy) is 1. The predicted octanol–water partition coefficient (Wildman–Crippen LogP) is 1.67. The van der Waals surface area contributed by atoms with Gasteiger partial charge in [-0.05, 0) is 0 Å². The van der Waals surface area contributed by atoms with E-state index in [0.29, 0.717) is 13.2 Å². The molecule has 0 fully saturated rings. The lowest BCUT2D eigenvalue weighted by atomic mass is 10.1. The van der Waals surface area contributed by atoms with Crippen LogP contribution in [0.4, 0.5) is 22.0 Å². The van der Waals surface area contributed by atoms with Gasteiger partial charge >= 0.3 is 5.97 Å². The van der Waals surface area contributed by atoms with Crippen LogP contribution in [0.2, 0.25) is 0 Å². The van der Waals surface area contributed by atoms with E-state index >= 15 is 0 Å². The highest BCUT2D eigenvalue weighted by atomic mass is 19.2. The minimum Gasteiger partial charge on any atom is -0.477 e. The number of hydrogen-bond donors (Lipinski definition) is 2. The largest absolute Gasteiger partial charge is 0.477 e. The standard InChI is InChI=1S/C7HF5O2.C3H9NO/c8-2-1(7(13)14)3(9)5(11)6(12)4(2)10;1-5-3-2-4/h(H,13,14);2-4H2,1H3. The third kappa shape index (κ3) is 4.14. The van der Waals surface area contributed by atoms with E-state index in [1.165, 1.54) is 0 Å². The molecule has 0 bridgehead atoms. The Morgan fingerprint density at radius 3 is 1.63 bits per heavy atom. The molecule has 0 heterocycles. The van der Waals surface area contributed by atoms with Gasteiger partial charge in [-0.2, -0.15) is 0 Å². The second-order valence-electron chi connectivity index (χ2n) is 3.03. The minimum absolute atomic E-state index is 0.622. The smallest absolute Gasteiger partial charge is 0.341 e. The van der Waals surface area contributed by atoms with Crippen LogP contribution < -0.4 is 5.73 Å². The van der Waals surface area contributed by atoms with Crippen LogP contribution in [0.1, 0.15) is 10.4 Å². The summed E-state index contributed by atoms with van der Waals surface area (Å²) in [4.78, 5) is 10.1. The molecule has 1 rings (SSSR count). The summed E-state index contributed by atoms with van der Waals surface area (Å²) >= 11 is 0. The second kappa shape index (κ2) is 7.64. The zero-order chi connectivity index (χ0) is 15.2. The van der Waals surface area contributed by atoms with Gasteiger partial charge in [0.1, 0.15) is 5.56 Å². The van der Waals surface area contributed by atoms with Crippen molar-refractivity contribution in [3.05, 3.63) is 34.6 Å². The number of hydrogen-bond acceptors (Lipinski definition) is 3. The zero-order valence-electron chi connectivity index (χ0n) is 9.65. The van der Waals surface area contributed by atoms with Crippen molar-refractivity contribution in [2.45, 2.75) is 0 Å². The number of nitrogens with two attached hydrogens (primary N) is 1. The van der Waals surface area contributed by atoms with Gasteiger partial charge in [0.05, 0.1) is 6.61 Å². The molecule has 108 valence electrons. The number of carbonyl (C=O) groups is 1. The molecule has 0 spiro atoms. The van der Waals surface area contributed by atoms with Gasteiger partial charge in [-0.15, -0.1) is 0 Å². The predicted molar refractivity (Wildman–Crippen MR) is 54.1 cm³/mol. The van der Waals surface area contributed by atoms with Crippen LogP contribution >= 0.6 is 0 Å². The molecular formula is C10H10F5NO3. The summed E-state index contributed by atoms with van der Waals surface area (Å²) in [6.07, 6.45) is 0. The molecule has 0 aliphatic carbocycles. The van der Waals surface area contributed by atoms with Crippen LogP contribution in [0.15, 0.2) is 0 Å². The molecule has 0 amide bonds. The summed E-state index contributed by atoms with van der Waals surface area (Å²) in [6, 6.07) is 0. The summed E-state index contributed by atoms with van der Waals surface area (Å²) < 4.78 is 66.7. The van der Waals surface area contributed by atoms with Gasteiger partial charge in [0.25, 0.3) is 0 Å². The molecule has 0 aliphatic heterocycles. The Morgan fingerprint density at radius 2 is 1.42 bits per heavy atom. The Labute approximate surface area is 104 Å². The summed E-state index contributed by atoms with van der Waals surface area (Å²) in [5.74, 6) is -13.9. The van der Waals surface area contributed by atoms with E-state index in [0.717, 1.165) is 0 Å². The first-order valence-electron chi connectivity index (χ1n) is 4.73. The molecule has 4 nitrogen and oxygen atoms in total. The summed E-state index contributed by atoms with van der Waals surface area (Å²) in [7, 11) is 1.63. The first-order valence-corrected chi connectivity index (χ1v) is 4.73. The van der Waals surface area contributed by atoms with Gasteiger partial charge in [-0.25, -0.2) is 26.7 Å². The Morgan fingerprint density at radius 1 is 1.05 bits per heavy atom. The van der Waals surface area contributed by atoms with Gasteiger partial charge in [0.2, 0.25) is 5.82 Å². The number of rotatable bonds is 3. The van der Waals surface area contributed by atoms with Crippen LogP contribution in [0.3, 0.4) is 0 Å². The third-order valence-electron chi connectivity index (χ3n) is 1.75. The Hall–Kier alpha value is -1.74. The number of carboxylic acids is 1. The number of benzene rings is 1. The number of aromatic carboxylic acids is 1. The first-order chi connectivity index (χ1) is 8.79. The highest BCUT2D eigenvalue weighted by Crippen LogP contribution is 2.22. The first kappa shape index (κ1) is 17.3. The molecule has 0 saturated carbocycles. The van der Waals surface area contributed by atoms with Crippen molar-refractivity contribution in [2.75, 3.05) is 20.3 Å². The van der Waals surface area contributed by atoms with Gasteiger partial charge < -0.3 is 15.6 Å². The van der Waals surface area contributed by atoms with E-state index in [-0.39, 0.29) is 0 Å². The van der Waals surface area contributed by atoms with Gasteiger partial charge in [0, 0.05) is 13.7 Å². The van der Waals surface area contributed by atoms with Crippen molar-refractivity contribution in [1.82, 2.24) is 0 Å². The average Bonchev–Trinajstić information content (AvgIpc) is 2.35. The molecule has 1 aromatic carbocycles. The maximum Gasteiger partial charge on any atom is 0.341 e. The van der Waals surface area contributed by atoms with E-state index in [2.05, 4.69) is 4.74 Å². The maximum absolute atomic E-state index is 12.6. The molecule has 19 heavy (non-hydrogen) atoms. The van der Waals surface area contributed by atoms with Gasteiger partial charge in [0.15, 0.2) is 23.3 Å². The molecule has 0 atom stereocenters. The SMILES string of the molecule is COCCN.O=C(O)c1c(F)c(F)c(F)c(F)c1F. The second-order valence-corrected chi connectivity index (χ2v) is 3.03. The lowest BCUT2D eigenvalue weighted by Gasteiger charge is -2.03. The lowest BCUT2D eigenvalue weighted by Crippen LogP contribution is -2.11. The van der Waals surface area contributed by atoms with Crippen LogP contribution in [0, 0.1) is 29.1 Å². The Bertz CT molecular complexity index is 436. The van der Waals surface area contributed by atoms with E-state index in [1.807, 2.05) is 0 Å². The van der Waals surface area contributed by atoms with Crippen molar-refractivity contribution in [3.63, 3.8) is 0 Å². The lowest BCUT2D eigenvalue weighted by molar-refractivity contribution is 0.0682. The fourth-order valence-electron chi connectivity index (χ4n) is 0.911. The Kier molecular flexibility index (Phi) is 6.94. The van der Waals surface area contributed by atoms with E-state index in [9.17, 15) is 26.7 Å². The molecule has 0 aliphatic rings. The Balaban J connectivity index is 0.000000555. The van der Waals surface area contributed by atoms with Crippen LogP contribution in [0.25, 0.3) is 0 Å². The fourth-order valence-corrected chi connectivity index (χ4v) is 0.911. The highest BCUT2D eigenvalue weighted by Gasteiger charge is 2.29. The number of carboxylic acid groups (broad SMARTS) is 1. The highest BCUT2D eigenvalue weighted by molar-refractivity contribution is 5.88. The quantitative estimate of drug-likeness (QED) is 0.504. The van der Waals surface area contributed by atoms with Crippen molar-refractivity contribution < 1.29 is 36.6 Å². The third-order valence-corrected chi connectivity index (χ3v) is 1.75. The van der Waals surface area contributed by atoms with E-state index in [4.69, 9.17) is 10.8 Å². The normalized spacial score (nSPS) is 9.84. The molecule has 9 heteroatoms. The minimum atomic E-state index is -2.38. The zero-order valence-corrected chi connectivity index (χ0v) is 9.65. The summed E-state index contributed by atoms with van der Waals surface area (Å²) in [6.45, 7) is 1.29. The van der Waals surface area contributed by atoms with Crippen LogP contribution in [-0.4, -0.2) is 31.3 Å². The fraction of sp³-hybridized carbons (Fsp3) is 0.300. The molecule has 0 aromatic heterocycles. The molecule has 1 aromatic rings. The van der Waals surface area contributed by atoms with Gasteiger partial charge in [-0.1, -0.05) is 0 Å². The molecular weight excluding hydrogens is 277 g/mol. The molecule has 0 saturated heterocycles. The topological polar surface area (TPSA) is 72.5 Å². The van der Waals surface area contributed by atoms with Crippen molar-refractivity contribution in [1.29, 1.82) is 0 Å². The molecule has 3 N–H and O–H groups in total. The molecule has 0 unspecified atom stereocenters. The summed E-state index contributed by atoms with van der Waals surface area (Å²) in [5, 5.41) is 8.15.